The average Bonchev–Trinajstić information content (AvgIpc) is 2.87. The molecule has 5 nitrogen and oxygen atoms in total. The Morgan fingerprint density at radius 3 is 2.68 bits per heavy atom. The van der Waals surface area contributed by atoms with Gasteiger partial charge >= 0.3 is 5.97 Å². The van der Waals surface area contributed by atoms with Crippen LogP contribution in [0.15, 0.2) is 48.7 Å². The highest BCUT2D eigenvalue weighted by atomic mass is 16.5. The number of carboxylic acid groups (broad SMARTS) is 1. The molecule has 0 amide bonds. The minimum absolute atomic E-state index is 0.234. The first kappa shape index (κ1) is 26.7. The lowest BCUT2D eigenvalue weighted by Crippen LogP contribution is -2.41. The number of ether oxygens (including phenoxy) is 1. The maximum Gasteiger partial charge on any atom is 0.303 e. The van der Waals surface area contributed by atoms with Crippen molar-refractivity contribution in [2.24, 2.45) is 11.8 Å². The minimum atomic E-state index is -0.706. The summed E-state index contributed by atoms with van der Waals surface area (Å²) in [5.74, 6) is 7.77. The van der Waals surface area contributed by atoms with Gasteiger partial charge < -0.3 is 9.84 Å². The zero-order valence-corrected chi connectivity index (χ0v) is 22.3. The van der Waals surface area contributed by atoms with Crippen molar-refractivity contribution >= 4 is 16.9 Å². The molecule has 0 bridgehead atoms. The first-order chi connectivity index (χ1) is 17.9. The fourth-order valence-electron chi connectivity index (χ4n) is 5.70. The second kappa shape index (κ2) is 12.7. The van der Waals surface area contributed by atoms with Gasteiger partial charge in [-0.25, -0.2) is 0 Å². The predicted molar refractivity (Wildman–Crippen MR) is 149 cm³/mol. The van der Waals surface area contributed by atoms with Gasteiger partial charge in [0.1, 0.15) is 5.75 Å². The van der Waals surface area contributed by atoms with E-state index in [2.05, 4.69) is 65.9 Å². The highest BCUT2D eigenvalue weighted by Gasteiger charge is 2.29. The van der Waals surface area contributed by atoms with Crippen molar-refractivity contribution in [2.45, 2.75) is 52.4 Å². The molecule has 5 heteroatoms. The van der Waals surface area contributed by atoms with Crippen LogP contribution in [-0.2, 0) is 11.2 Å². The summed E-state index contributed by atoms with van der Waals surface area (Å²) in [4.78, 5) is 18.2. The molecule has 0 spiro atoms. The van der Waals surface area contributed by atoms with Gasteiger partial charge in [-0.15, -0.1) is 0 Å². The van der Waals surface area contributed by atoms with Crippen molar-refractivity contribution in [3.8, 4) is 17.6 Å². The smallest absolute Gasteiger partial charge is 0.303 e. The summed E-state index contributed by atoms with van der Waals surface area (Å²) in [6.07, 6.45) is 7.13. The molecule has 0 saturated carbocycles. The predicted octanol–water partition coefficient (Wildman–Crippen LogP) is 6.04. The highest BCUT2D eigenvalue weighted by molar-refractivity contribution is 5.83. The summed E-state index contributed by atoms with van der Waals surface area (Å²) in [5, 5.41) is 10.5. The Bertz CT molecular complexity index is 1270. The number of methoxy groups -OCH3 is 1. The van der Waals surface area contributed by atoms with Crippen LogP contribution in [0.1, 0.15) is 54.4 Å². The van der Waals surface area contributed by atoms with Crippen LogP contribution in [0.5, 0.6) is 5.75 Å². The third-order valence-electron chi connectivity index (χ3n) is 7.52. The summed E-state index contributed by atoms with van der Waals surface area (Å²) in [6, 6.07) is 14.6. The minimum Gasteiger partial charge on any atom is -0.497 e. The molecule has 194 valence electrons. The fourth-order valence-corrected chi connectivity index (χ4v) is 5.70. The van der Waals surface area contributed by atoms with E-state index in [1.807, 2.05) is 18.3 Å². The van der Waals surface area contributed by atoms with E-state index in [1.165, 1.54) is 16.7 Å². The molecule has 0 unspecified atom stereocenters. The number of nitrogens with zero attached hydrogens (tertiary/aromatic N) is 2. The molecular formula is C32H38N2O3. The summed E-state index contributed by atoms with van der Waals surface area (Å²) >= 11 is 0. The first-order valence-corrected chi connectivity index (χ1v) is 13.3. The third kappa shape index (κ3) is 7.57. The van der Waals surface area contributed by atoms with E-state index in [1.54, 1.807) is 7.11 Å². The number of piperidine rings is 1. The number of hydrogen-bond acceptors (Lipinski definition) is 4. The lowest BCUT2D eigenvalue weighted by atomic mass is 9.79. The number of pyridine rings is 1. The quantitative estimate of drug-likeness (QED) is 0.365. The van der Waals surface area contributed by atoms with E-state index in [4.69, 9.17) is 4.74 Å². The van der Waals surface area contributed by atoms with Crippen LogP contribution >= 0.6 is 0 Å². The Labute approximate surface area is 220 Å². The number of aliphatic carboxylic acids is 1. The zero-order valence-electron chi connectivity index (χ0n) is 22.3. The number of likely N-dealkylation sites (tertiary alicyclic amines) is 1. The van der Waals surface area contributed by atoms with Gasteiger partial charge in [0.25, 0.3) is 0 Å². The van der Waals surface area contributed by atoms with Gasteiger partial charge in [0.05, 0.1) is 19.2 Å². The molecule has 3 aromatic rings. The van der Waals surface area contributed by atoms with Gasteiger partial charge in [-0.2, -0.15) is 0 Å². The molecule has 2 heterocycles. The van der Waals surface area contributed by atoms with Gasteiger partial charge in [-0.1, -0.05) is 17.9 Å². The Hall–Kier alpha value is -3.36. The Morgan fingerprint density at radius 1 is 1.11 bits per heavy atom. The van der Waals surface area contributed by atoms with Gasteiger partial charge in [0, 0.05) is 30.1 Å². The van der Waals surface area contributed by atoms with E-state index in [0.717, 1.165) is 74.0 Å². The van der Waals surface area contributed by atoms with Crippen molar-refractivity contribution in [1.82, 2.24) is 9.88 Å². The van der Waals surface area contributed by atoms with Crippen LogP contribution in [0.3, 0.4) is 0 Å². The van der Waals surface area contributed by atoms with Gasteiger partial charge in [0.15, 0.2) is 0 Å². The van der Waals surface area contributed by atoms with Crippen molar-refractivity contribution < 1.29 is 14.6 Å². The molecule has 1 aliphatic rings. The molecule has 0 aliphatic carbocycles. The number of hydrogen-bond donors (Lipinski definition) is 1. The van der Waals surface area contributed by atoms with Crippen LogP contribution in [0.25, 0.3) is 10.9 Å². The summed E-state index contributed by atoms with van der Waals surface area (Å²) in [6.45, 7) is 6.88. The van der Waals surface area contributed by atoms with Crippen molar-refractivity contribution in [1.29, 1.82) is 0 Å². The van der Waals surface area contributed by atoms with Crippen LogP contribution in [0, 0.1) is 37.5 Å². The van der Waals surface area contributed by atoms with E-state index >= 15 is 0 Å². The largest absolute Gasteiger partial charge is 0.497 e. The molecule has 1 fully saturated rings. The van der Waals surface area contributed by atoms with E-state index in [0.29, 0.717) is 11.8 Å². The molecule has 1 aromatic heterocycles. The van der Waals surface area contributed by atoms with Crippen molar-refractivity contribution in [3.63, 3.8) is 0 Å². The topological polar surface area (TPSA) is 62.7 Å². The van der Waals surface area contributed by atoms with Gasteiger partial charge in [-0.05, 0) is 117 Å². The van der Waals surface area contributed by atoms with E-state index in [-0.39, 0.29) is 6.42 Å². The molecule has 1 saturated heterocycles. The maximum atomic E-state index is 11.3. The van der Waals surface area contributed by atoms with Crippen molar-refractivity contribution in [3.05, 3.63) is 70.9 Å². The number of carbonyl (C=O) groups is 1. The monoisotopic (exact) mass is 498 g/mol. The number of carboxylic acids is 1. The maximum absolute atomic E-state index is 11.3. The van der Waals surface area contributed by atoms with Crippen LogP contribution in [0.4, 0.5) is 0 Å². The second-order valence-electron chi connectivity index (χ2n) is 10.4. The normalized spacial score (nSPS) is 17.8. The van der Waals surface area contributed by atoms with Crippen LogP contribution in [-0.4, -0.2) is 47.7 Å². The highest BCUT2D eigenvalue weighted by Crippen LogP contribution is 2.32. The van der Waals surface area contributed by atoms with E-state index < -0.39 is 5.97 Å². The Balaban J connectivity index is 1.36. The lowest BCUT2D eigenvalue weighted by molar-refractivity contribution is -0.137. The molecule has 0 radical (unpaired) electrons. The number of rotatable bonds is 9. The second-order valence-corrected chi connectivity index (χ2v) is 10.4. The molecule has 1 N–H and O–H groups in total. The molecule has 4 rings (SSSR count). The van der Waals surface area contributed by atoms with Crippen LogP contribution < -0.4 is 4.74 Å². The number of aryl methyl sites for hydroxylation is 3. The number of fused-ring (bicyclic) bond motifs is 1. The average molecular weight is 499 g/mol. The molecule has 1 aliphatic heterocycles. The molecular weight excluding hydrogens is 460 g/mol. The summed E-state index contributed by atoms with van der Waals surface area (Å²) in [7, 11) is 1.69. The third-order valence-corrected chi connectivity index (χ3v) is 7.52. The Kier molecular flexibility index (Phi) is 9.19. The zero-order chi connectivity index (χ0) is 26.2. The number of benzene rings is 2. The molecule has 2 atom stereocenters. The lowest BCUT2D eigenvalue weighted by Gasteiger charge is -2.38. The van der Waals surface area contributed by atoms with Crippen LogP contribution in [0.2, 0.25) is 0 Å². The molecule has 2 aromatic carbocycles. The number of aromatic nitrogens is 1. The standard InChI is InChI=1S/C32H38N2O3/c1-23-18-24(2)20-25(19-23)6-5-16-34-17-14-26(28(22-34)9-12-32(35)36)7-4-8-27-13-15-33-31-11-10-29(37-3)21-30(27)31/h10-11,13,15,18-21,26,28H,4,7-9,12,14,16-17,22H2,1-3H3,(H,35,36)/t26-,28+/m1/s1. The van der Waals surface area contributed by atoms with Crippen molar-refractivity contribution in [2.75, 3.05) is 26.7 Å². The fraction of sp³-hybridized carbons (Fsp3) is 0.438. The Morgan fingerprint density at radius 2 is 1.92 bits per heavy atom. The van der Waals surface area contributed by atoms with E-state index in [9.17, 15) is 9.90 Å². The van der Waals surface area contributed by atoms with Gasteiger partial charge in [0.2, 0.25) is 0 Å². The summed E-state index contributed by atoms with van der Waals surface area (Å²) in [5.41, 5.74) is 5.82. The molecule has 37 heavy (non-hydrogen) atoms. The summed E-state index contributed by atoms with van der Waals surface area (Å²) < 4.78 is 5.42. The van der Waals surface area contributed by atoms with Gasteiger partial charge in [-0.3, -0.25) is 14.7 Å². The first-order valence-electron chi connectivity index (χ1n) is 13.3. The SMILES string of the molecule is COc1ccc2nccc(CCC[C@@H]3CCN(CC#Cc4cc(C)cc(C)c4)C[C@@H]3CCC(=O)O)c2c1.